The largest absolute Gasteiger partial charge is 0.322 e. The highest BCUT2D eigenvalue weighted by molar-refractivity contribution is 7.87. The molecular weight excluding hydrogens is 186 g/mol. The van der Waals surface area contributed by atoms with E-state index in [9.17, 15) is 8.42 Å². The maximum atomic E-state index is 10.9. The predicted octanol–water partition coefficient (Wildman–Crippen LogP) is -2.14. The maximum absolute atomic E-state index is 10.9. The quantitative estimate of drug-likeness (QED) is 0.496. The Hall–Kier alpha value is -0.863. The Kier molecular flexibility index (Phi) is 2.27. The zero-order valence-corrected chi connectivity index (χ0v) is 8.45. The highest BCUT2D eigenvalue weighted by atomic mass is 32.2. The minimum atomic E-state index is -3.70. The second-order valence-electron chi connectivity index (χ2n) is 1.54. The van der Waals surface area contributed by atoms with Crippen LogP contribution >= 0.6 is 0 Å². The second kappa shape index (κ2) is 3.03. The molecule has 0 N–H and O–H groups in total. The van der Waals surface area contributed by atoms with E-state index < -0.39 is 10.1 Å². The SMILES string of the molecule is O=S(=O)(O[SiH3])c1ncncn1. The zero-order chi connectivity index (χ0) is 8.32. The topological polar surface area (TPSA) is 82.0 Å². The number of aromatic nitrogens is 3. The first-order valence-corrected chi connectivity index (χ1v) is 4.82. The number of hydrogen-bond donors (Lipinski definition) is 0. The lowest BCUT2D eigenvalue weighted by Gasteiger charge is -1.96. The van der Waals surface area contributed by atoms with Crippen molar-refractivity contribution in [2.75, 3.05) is 0 Å². The molecule has 0 saturated heterocycles. The standard InChI is InChI=1S/C3H5N3O3SSi/c7-10(8,9-11)3-5-1-4-2-6-3/h1-2H,11H3. The molecule has 0 spiro atoms. The monoisotopic (exact) mass is 191 g/mol. The van der Waals surface area contributed by atoms with Gasteiger partial charge in [-0.25, -0.2) is 15.0 Å². The third kappa shape index (κ3) is 1.79. The summed E-state index contributed by atoms with van der Waals surface area (Å²) in [7, 11) is -3.60. The molecule has 0 saturated carbocycles. The third-order valence-electron chi connectivity index (χ3n) is 0.913. The van der Waals surface area contributed by atoms with Crippen LogP contribution in [0, 0.1) is 0 Å². The molecular formula is C3H5N3O3SSi. The summed E-state index contributed by atoms with van der Waals surface area (Å²) >= 11 is 0. The molecule has 1 heterocycles. The van der Waals surface area contributed by atoms with Crippen molar-refractivity contribution in [2.45, 2.75) is 5.16 Å². The lowest BCUT2D eigenvalue weighted by atomic mass is 11.1. The first kappa shape index (κ1) is 8.24. The van der Waals surface area contributed by atoms with Gasteiger partial charge >= 0.3 is 10.1 Å². The van der Waals surface area contributed by atoms with Crippen LogP contribution in [0.4, 0.5) is 0 Å². The van der Waals surface area contributed by atoms with E-state index in [0.29, 0.717) is 0 Å². The molecule has 6 nitrogen and oxygen atoms in total. The third-order valence-corrected chi connectivity index (χ3v) is 3.33. The molecule has 11 heavy (non-hydrogen) atoms. The van der Waals surface area contributed by atoms with E-state index in [4.69, 9.17) is 0 Å². The van der Waals surface area contributed by atoms with E-state index in [-0.39, 0.29) is 15.6 Å². The summed E-state index contributed by atoms with van der Waals surface area (Å²) in [6.07, 6.45) is 2.20. The van der Waals surface area contributed by atoms with Gasteiger partial charge in [-0.15, -0.1) is 0 Å². The van der Waals surface area contributed by atoms with Crippen LogP contribution in [0.5, 0.6) is 0 Å². The number of hydrogen-bond acceptors (Lipinski definition) is 6. The Morgan fingerprint density at radius 2 is 1.91 bits per heavy atom. The fourth-order valence-electron chi connectivity index (χ4n) is 0.432. The van der Waals surface area contributed by atoms with Crippen molar-refractivity contribution < 1.29 is 12.3 Å². The molecule has 1 aromatic heterocycles. The molecule has 8 heteroatoms. The lowest BCUT2D eigenvalue weighted by Crippen LogP contribution is -2.08. The van der Waals surface area contributed by atoms with Gasteiger partial charge in [0, 0.05) is 0 Å². The van der Waals surface area contributed by atoms with Gasteiger partial charge in [0.05, 0.1) is 0 Å². The molecule has 0 aliphatic rings. The predicted molar refractivity (Wildman–Crippen MR) is 38.0 cm³/mol. The second-order valence-corrected chi connectivity index (χ2v) is 4.15. The van der Waals surface area contributed by atoms with Crippen LogP contribution in [-0.2, 0) is 14.0 Å². The molecule has 0 bridgehead atoms. The van der Waals surface area contributed by atoms with Crippen molar-refractivity contribution >= 4 is 20.6 Å². The van der Waals surface area contributed by atoms with E-state index >= 15 is 0 Å². The molecule has 60 valence electrons. The molecule has 0 radical (unpaired) electrons. The molecule has 0 aromatic carbocycles. The van der Waals surface area contributed by atoms with Crippen molar-refractivity contribution in [3.05, 3.63) is 12.7 Å². The summed E-state index contributed by atoms with van der Waals surface area (Å²) in [5.74, 6) is 0. The summed E-state index contributed by atoms with van der Waals surface area (Å²) in [4.78, 5) is 10.3. The van der Waals surface area contributed by atoms with Gasteiger partial charge in [0.1, 0.15) is 12.7 Å². The van der Waals surface area contributed by atoms with Gasteiger partial charge in [-0.1, -0.05) is 0 Å². The van der Waals surface area contributed by atoms with Crippen molar-refractivity contribution in [3.8, 4) is 0 Å². The first-order valence-electron chi connectivity index (χ1n) is 2.59. The van der Waals surface area contributed by atoms with Gasteiger partial charge < -0.3 is 3.87 Å². The van der Waals surface area contributed by atoms with Crippen LogP contribution in [0.1, 0.15) is 0 Å². The molecule has 0 fully saturated rings. The minimum Gasteiger partial charge on any atom is -0.321 e. The maximum Gasteiger partial charge on any atom is 0.322 e. The average molecular weight is 191 g/mol. The Morgan fingerprint density at radius 1 is 1.36 bits per heavy atom. The molecule has 0 aliphatic heterocycles. The van der Waals surface area contributed by atoms with Crippen molar-refractivity contribution in [1.29, 1.82) is 0 Å². The fraction of sp³-hybridized carbons (Fsp3) is 0. The summed E-state index contributed by atoms with van der Waals surface area (Å²) in [5.41, 5.74) is 0. The molecule has 0 amide bonds. The first-order chi connectivity index (χ1) is 5.17. The van der Waals surface area contributed by atoms with Crippen molar-refractivity contribution in [3.63, 3.8) is 0 Å². The van der Waals surface area contributed by atoms with Crippen molar-refractivity contribution in [1.82, 2.24) is 15.0 Å². The molecule has 0 unspecified atom stereocenters. The van der Waals surface area contributed by atoms with Gasteiger partial charge in [-0.2, -0.15) is 8.42 Å². The van der Waals surface area contributed by atoms with E-state index in [2.05, 4.69) is 18.8 Å². The minimum absolute atomic E-state index is 0.0938. The van der Waals surface area contributed by atoms with Crippen LogP contribution < -0.4 is 0 Å². The van der Waals surface area contributed by atoms with Crippen LogP contribution in [0.2, 0.25) is 0 Å². The Balaban J connectivity index is 3.14. The Morgan fingerprint density at radius 3 is 2.36 bits per heavy atom. The van der Waals surface area contributed by atoms with Crippen LogP contribution in [0.25, 0.3) is 0 Å². The summed E-state index contributed by atoms with van der Waals surface area (Å²) in [6.45, 7) is 0. The van der Waals surface area contributed by atoms with Gasteiger partial charge in [-0.3, -0.25) is 0 Å². The van der Waals surface area contributed by atoms with Gasteiger partial charge in [-0.05, 0) is 0 Å². The van der Waals surface area contributed by atoms with Crippen LogP contribution in [-0.4, -0.2) is 33.9 Å². The Bertz CT molecular complexity index is 325. The molecule has 0 atom stereocenters. The summed E-state index contributed by atoms with van der Waals surface area (Å²) in [5, 5.41) is -0.345. The highest BCUT2D eigenvalue weighted by Gasteiger charge is 2.14. The van der Waals surface area contributed by atoms with Gasteiger partial charge in [0.15, 0.2) is 10.5 Å². The number of nitrogens with zero attached hydrogens (tertiary/aromatic N) is 3. The zero-order valence-electron chi connectivity index (χ0n) is 5.63. The summed E-state index contributed by atoms with van der Waals surface area (Å²) < 4.78 is 26.0. The fourth-order valence-corrected chi connectivity index (χ4v) is 1.38. The van der Waals surface area contributed by atoms with E-state index in [1.807, 2.05) is 0 Å². The van der Waals surface area contributed by atoms with Gasteiger partial charge in [0.25, 0.3) is 5.16 Å². The van der Waals surface area contributed by atoms with Crippen molar-refractivity contribution in [2.24, 2.45) is 0 Å². The van der Waals surface area contributed by atoms with E-state index in [1.54, 1.807) is 0 Å². The molecule has 0 aliphatic carbocycles. The summed E-state index contributed by atoms with van der Waals surface area (Å²) in [6, 6.07) is 0. The molecule has 1 rings (SSSR count). The average Bonchev–Trinajstić information content (AvgIpc) is 2.06. The van der Waals surface area contributed by atoms with Crippen LogP contribution in [0.15, 0.2) is 17.8 Å². The highest BCUT2D eigenvalue weighted by Crippen LogP contribution is 1.99. The smallest absolute Gasteiger partial charge is 0.321 e. The van der Waals surface area contributed by atoms with Crippen LogP contribution in [0.3, 0.4) is 0 Å². The Labute approximate surface area is 66.3 Å². The lowest BCUT2D eigenvalue weighted by molar-refractivity contribution is 0.497. The van der Waals surface area contributed by atoms with Gasteiger partial charge in [0.2, 0.25) is 0 Å². The number of rotatable bonds is 2. The van der Waals surface area contributed by atoms with E-state index in [1.165, 1.54) is 0 Å². The molecule has 1 aromatic rings. The normalized spacial score (nSPS) is 11.6. The van der Waals surface area contributed by atoms with E-state index in [0.717, 1.165) is 12.7 Å².